The summed E-state index contributed by atoms with van der Waals surface area (Å²) in [6.07, 6.45) is 1.29. The Bertz CT molecular complexity index is 931. The number of piperidine rings is 1. The summed E-state index contributed by atoms with van der Waals surface area (Å²) < 4.78 is 32.3. The van der Waals surface area contributed by atoms with Gasteiger partial charge in [-0.2, -0.15) is 4.31 Å². The van der Waals surface area contributed by atoms with Gasteiger partial charge in [-0.3, -0.25) is 4.79 Å². The largest absolute Gasteiger partial charge is 0.497 e. The van der Waals surface area contributed by atoms with Crippen LogP contribution in [0.2, 0.25) is 5.02 Å². The molecule has 1 atom stereocenters. The zero-order chi connectivity index (χ0) is 20.1. The standard InChI is InChI=1S/C20H23ClN2O4S/c1-27-17-8-10-18(11-9-17)28(25,26)23-12-4-6-16(14-23)20(24)22-13-15-5-2-3-7-19(15)21/h2-3,5,7-11,16H,4,6,12-14H2,1H3,(H,22,24)/t16-/m1/s1. The van der Waals surface area contributed by atoms with Crippen molar-refractivity contribution >= 4 is 27.5 Å². The van der Waals surface area contributed by atoms with Gasteiger partial charge in [0.1, 0.15) is 5.75 Å². The molecule has 1 amide bonds. The second kappa shape index (κ2) is 8.94. The van der Waals surface area contributed by atoms with E-state index in [1.54, 1.807) is 18.2 Å². The van der Waals surface area contributed by atoms with Gasteiger partial charge in [0, 0.05) is 24.7 Å². The molecule has 0 aliphatic carbocycles. The van der Waals surface area contributed by atoms with E-state index in [0.717, 1.165) is 5.56 Å². The highest BCUT2D eigenvalue weighted by atomic mass is 35.5. The molecule has 1 heterocycles. The van der Waals surface area contributed by atoms with Gasteiger partial charge in [-0.1, -0.05) is 29.8 Å². The summed E-state index contributed by atoms with van der Waals surface area (Å²) in [4.78, 5) is 12.8. The Kier molecular flexibility index (Phi) is 6.59. The van der Waals surface area contributed by atoms with Crippen LogP contribution in [-0.2, 0) is 21.4 Å². The van der Waals surface area contributed by atoms with Crippen molar-refractivity contribution in [3.63, 3.8) is 0 Å². The van der Waals surface area contributed by atoms with Gasteiger partial charge in [0.25, 0.3) is 0 Å². The van der Waals surface area contributed by atoms with Crippen molar-refractivity contribution in [2.24, 2.45) is 5.92 Å². The van der Waals surface area contributed by atoms with Crippen LogP contribution < -0.4 is 10.1 Å². The third kappa shape index (κ3) is 4.66. The minimum absolute atomic E-state index is 0.158. The molecule has 3 rings (SSSR count). The Morgan fingerprint density at radius 1 is 1.21 bits per heavy atom. The van der Waals surface area contributed by atoms with Crippen LogP contribution in [0.25, 0.3) is 0 Å². The summed E-state index contributed by atoms with van der Waals surface area (Å²) in [7, 11) is -2.12. The van der Waals surface area contributed by atoms with Gasteiger partial charge in [0.05, 0.1) is 17.9 Å². The molecule has 6 nitrogen and oxygen atoms in total. The number of methoxy groups -OCH3 is 1. The molecule has 1 saturated heterocycles. The van der Waals surface area contributed by atoms with Crippen LogP contribution in [0.4, 0.5) is 0 Å². The maximum absolute atomic E-state index is 12.9. The smallest absolute Gasteiger partial charge is 0.243 e. The topological polar surface area (TPSA) is 75.7 Å². The van der Waals surface area contributed by atoms with Gasteiger partial charge in [-0.25, -0.2) is 8.42 Å². The maximum atomic E-state index is 12.9. The SMILES string of the molecule is COc1ccc(S(=O)(=O)N2CCC[C@@H](C(=O)NCc3ccccc3Cl)C2)cc1. The zero-order valence-electron chi connectivity index (χ0n) is 15.6. The Labute approximate surface area is 170 Å². The Balaban J connectivity index is 1.65. The van der Waals surface area contributed by atoms with E-state index >= 15 is 0 Å². The lowest BCUT2D eigenvalue weighted by Crippen LogP contribution is -2.45. The average molecular weight is 423 g/mol. The molecule has 0 unspecified atom stereocenters. The van der Waals surface area contributed by atoms with Gasteiger partial charge in [0.2, 0.25) is 15.9 Å². The fourth-order valence-electron chi connectivity index (χ4n) is 3.24. The minimum atomic E-state index is -3.65. The number of nitrogens with one attached hydrogen (secondary N) is 1. The maximum Gasteiger partial charge on any atom is 0.243 e. The molecular formula is C20H23ClN2O4S. The number of nitrogens with zero attached hydrogens (tertiary/aromatic N) is 1. The molecule has 2 aromatic rings. The molecule has 2 aromatic carbocycles. The molecule has 1 fully saturated rings. The number of benzene rings is 2. The minimum Gasteiger partial charge on any atom is -0.497 e. The summed E-state index contributed by atoms with van der Waals surface area (Å²) in [5.41, 5.74) is 0.830. The van der Waals surface area contributed by atoms with Crippen LogP contribution in [0.15, 0.2) is 53.4 Å². The molecule has 0 radical (unpaired) electrons. The van der Waals surface area contributed by atoms with E-state index in [-0.39, 0.29) is 23.3 Å². The number of sulfonamides is 1. The Morgan fingerprint density at radius 2 is 1.93 bits per heavy atom. The number of ether oxygens (including phenoxy) is 1. The van der Waals surface area contributed by atoms with Crippen LogP contribution in [-0.4, -0.2) is 38.8 Å². The Hall–Kier alpha value is -2.09. The first-order chi connectivity index (χ1) is 13.4. The first kappa shape index (κ1) is 20.6. The van der Waals surface area contributed by atoms with Crippen molar-refractivity contribution in [1.29, 1.82) is 0 Å². The molecule has 8 heteroatoms. The number of amides is 1. The molecular weight excluding hydrogens is 400 g/mol. The average Bonchev–Trinajstić information content (AvgIpc) is 2.73. The lowest BCUT2D eigenvalue weighted by molar-refractivity contribution is -0.126. The van der Waals surface area contributed by atoms with Gasteiger partial charge >= 0.3 is 0 Å². The quantitative estimate of drug-likeness (QED) is 0.776. The summed E-state index contributed by atoms with van der Waals surface area (Å²) in [5, 5.41) is 3.47. The summed E-state index contributed by atoms with van der Waals surface area (Å²) in [6.45, 7) is 0.894. The second-order valence-electron chi connectivity index (χ2n) is 6.69. The van der Waals surface area contributed by atoms with Crippen molar-refractivity contribution in [1.82, 2.24) is 9.62 Å². The third-order valence-corrected chi connectivity index (χ3v) is 7.11. The number of carbonyl (C=O) groups is 1. The number of hydrogen-bond acceptors (Lipinski definition) is 4. The van der Waals surface area contributed by atoms with E-state index < -0.39 is 10.0 Å². The predicted molar refractivity (Wildman–Crippen MR) is 108 cm³/mol. The van der Waals surface area contributed by atoms with E-state index in [1.807, 2.05) is 18.2 Å². The molecule has 28 heavy (non-hydrogen) atoms. The van der Waals surface area contributed by atoms with Crippen LogP contribution in [0.3, 0.4) is 0 Å². The monoisotopic (exact) mass is 422 g/mol. The highest BCUT2D eigenvalue weighted by Crippen LogP contribution is 2.25. The zero-order valence-corrected chi connectivity index (χ0v) is 17.2. The first-order valence-corrected chi connectivity index (χ1v) is 10.9. The van der Waals surface area contributed by atoms with Gasteiger partial charge in [-0.05, 0) is 48.7 Å². The molecule has 0 saturated carbocycles. The summed E-state index contributed by atoms with van der Waals surface area (Å²) >= 11 is 6.12. The molecule has 1 aliphatic rings. The Morgan fingerprint density at radius 3 is 2.61 bits per heavy atom. The van der Waals surface area contributed by atoms with Crippen molar-refractivity contribution in [2.45, 2.75) is 24.3 Å². The van der Waals surface area contributed by atoms with Gasteiger partial charge < -0.3 is 10.1 Å². The van der Waals surface area contributed by atoms with E-state index in [2.05, 4.69) is 5.32 Å². The molecule has 1 aliphatic heterocycles. The van der Waals surface area contributed by atoms with Crippen molar-refractivity contribution in [3.8, 4) is 5.75 Å². The van der Waals surface area contributed by atoms with E-state index in [9.17, 15) is 13.2 Å². The highest BCUT2D eigenvalue weighted by Gasteiger charge is 2.33. The first-order valence-electron chi connectivity index (χ1n) is 9.07. The summed E-state index contributed by atoms with van der Waals surface area (Å²) in [5.74, 6) is 0.0493. The summed E-state index contributed by atoms with van der Waals surface area (Å²) in [6, 6.07) is 13.6. The third-order valence-electron chi connectivity index (χ3n) is 4.86. The normalized spacial score (nSPS) is 17.9. The lowest BCUT2D eigenvalue weighted by Gasteiger charge is -2.31. The van der Waals surface area contributed by atoms with E-state index in [0.29, 0.717) is 36.7 Å². The van der Waals surface area contributed by atoms with Crippen LogP contribution in [0.5, 0.6) is 5.75 Å². The van der Waals surface area contributed by atoms with Crippen LogP contribution in [0, 0.1) is 5.92 Å². The number of rotatable bonds is 6. The molecule has 0 aromatic heterocycles. The predicted octanol–water partition coefficient (Wildman–Crippen LogP) is 3.07. The molecule has 1 N–H and O–H groups in total. The second-order valence-corrected chi connectivity index (χ2v) is 9.03. The van der Waals surface area contributed by atoms with Gasteiger partial charge in [-0.15, -0.1) is 0 Å². The molecule has 0 spiro atoms. The number of halogens is 1. The molecule has 150 valence electrons. The van der Waals surface area contributed by atoms with Crippen molar-refractivity contribution < 1.29 is 17.9 Å². The van der Waals surface area contributed by atoms with Crippen LogP contribution in [0.1, 0.15) is 18.4 Å². The number of hydrogen-bond donors (Lipinski definition) is 1. The highest BCUT2D eigenvalue weighted by molar-refractivity contribution is 7.89. The lowest BCUT2D eigenvalue weighted by atomic mass is 9.99. The molecule has 0 bridgehead atoms. The van der Waals surface area contributed by atoms with Crippen molar-refractivity contribution in [2.75, 3.05) is 20.2 Å². The fourth-order valence-corrected chi connectivity index (χ4v) is 4.97. The number of carbonyl (C=O) groups excluding carboxylic acids is 1. The fraction of sp³-hybridized carbons (Fsp3) is 0.350. The van der Waals surface area contributed by atoms with E-state index in [4.69, 9.17) is 16.3 Å². The van der Waals surface area contributed by atoms with E-state index in [1.165, 1.54) is 23.5 Å². The van der Waals surface area contributed by atoms with Crippen molar-refractivity contribution in [3.05, 3.63) is 59.1 Å². The van der Waals surface area contributed by atoms with Crippen LogP contribution >= 0.6 is 11.6 Å². The van der Waals surface area contributed by atoms with Gasteiger partial charge in [0.15, 0.2) is 0 Å².